The van der Waals surface area contributed by atoms with Crippen molar-refractivity contribution in [2.45, 2.75) is 6.92 Å². The van der Waals surface area contributed by atoms with Crippen LogP contribution in [0.15, 0.2) is 0 Å². The molecule has 0 heterocycles. The van der Waals surface area contributed by atoms with Crippen molar-refractivity contribution < 1.29 is 0 Å². The minimum Gasteiger partial charge on any atom is -0.264 e. The monoisotopic (exact) mass is 151 g/mol. The largest absolute Gasteiger partial charge is 0.264 e. The summed E-state index contributed by atoms with van der Waals surface area (Å²) in [5.41, 5.74) is 0. The van der Waals surface area contributed by atoms with Crippen molar-refractivity contribution in [3.05, 3.63) is 0 Å². The van der Waals surface area contributed by atoms with Gasteiger partial charge in [-0.3, -0.25) is 4.72 Å². The van der Waals surface area contributed by atoms with Gasteiger partial charge in [-0.15, -0.1) is 0 Å². The van der Waals surface area contributed by atoms with Crippen LogP contribution < -0.4 is 4.72 Å². The number of rotatable bonds is 5. The average molecular weight is 151 g/mol. The van der Waals surface area contributed by atoms with Gasteiger partial charge in [-0.2, -0.15) is 11.8 Å². The van der Waals surface area contributed by atoms with Crippen LogP contribution in [-0.2, 0) is 0 Å². The van der Waals surface area contributed by atoms with Crippen LogP contribution in [0.25, 0.3) is 0 Å². The standard InChI is InChI=1S/C5H13NS2/c1-3-8-5-4-6-7-2/h6H,3-5H2,1-2H3. The summed E-state index contributed by atoms with van der Waals surface area (Å²) in [6, 6.07) is 0. The summed E-state index contributed by atoms with van der Waals surface area (Å²) in [5.74, 6) is 2.47. The number of hydrogen-bond donors (Lipinski definition) is 1. The molecule has 8 heavy (non-hydrogen) atoms. The zero-order valence-electron chi connectivity index (χ0n) is 5.44. The summed E-state index contributed by atoms with van der Waals surface area (Å²) in [5, 5.41) is 0. The Kier molecular flexibility index (Phi) is 8.29. The summed E-state index contributed by atoms with van der Waals surface area (Å²) >= 11 is 3.66. The van der Waals surface area contributed by atoms with E-state index in [0.717, 1.165) is 6.54 Å². The molecule has 0 aliphatic carbocycles. The van der Waals surface area contributed by atoms with Crippen LogP contribution in [-0.4, -0.2) is 24.3 Å². The molecule has 0 bridgehead atoms. The molecule has 50 valence electrons. The lowest BCUT2D eigenvalue weighted by Crippen LogP contribution is -2.06. The molecule has 1 nitrogen and oxygen atoms in total. The zero-order valence-corrected chi connectivity index (χ0v) is 7.07. The van der Waals surface area contributed by atoms with E-state index < -0.39 is 0 Å². The second kappa shape index (κ2) is 7.66. The molecule has 0 aromatic rings. The highest BCUT2D eigenvalue weighted by Gasteiger charge is 1.81. The van der Waals surface area contributed by atoms with Crippen LogP contribution in [0.1, 0.15) is 6.92 Å². The van der Waals surface area contributed by atoms with Gasteiger partial charge in [0.15, 0.2) is 0 Å². The molecule has 0 unspecified atom stereocenters. The van der Waals surface area contributed by atoms with Crippen LogP contribution in [0, 0.1) is 0 Å². The molecule has 0 amide bonds. The first kappa shape index (κ1) is 8.66. The smallest absolute Gasteiger partial charge is 0.0149 e. The van der Waals surface area contributed by atoms with Gasteiger partial charge in [0.25, 0.3) is 0 Å². The topological polar surface area (TPSA) is 12.0 Å². The quantitative estimate of drug-likeness (QED) is 0.473. The minimum absolute atomic E-state index is 1.12. The first-order chi connectivity index (χ1) is 3.91. The van der Waals surface area contributed by atoms with Crippen molar-refractivity contribution >= 4 is 23.7 Å². The van der Waals surface area contributed by atoms with Crippen LogP contribution in [0.2, 0.25) is 0 Å². The highest BCUT2D eigenvalue weighted by Crippen LogP contribution is 1.95. The van der Waals surface area contributed by atoms with Gasteiger partial charge in [-0.1, -0.05) is 18.9 Å². The first-order valence-electron chi connectivity index (χ1n) is 2.75. The molecule has 0 spiro atoms. The summed E-state index contributed by atoms with van der Waals surface area (Å²) in [7, 11) is 0. The Labute approximate surface area is 60.1 Å². The molecule has 0 rings (SSSR count). The van der Waals surface area contributed by atoms with E-state index >= 15 is 0 Å². The van der Waals surface area contributed by atoms with E-state index in [0.29, 0.717) is 0 Å². The Hall–Kier alpha value is 0.660. The zero-order chi connectivity index (χ0) is 6.24. The average Bonchev–Trinajstić information content (AvgIpc) is 1.81. The van der Waals surface area contributed by atoms with Gasteiger partial charge < -0.3 is 0 Å². The van der Waals surface area contributed by atoms with Gasteiger partial charge in [0.1, 0.15) is 0 Å². The third kappa shape index (κ3) is 6.66. The SMILES string of the molecule is CCSCCNSC. The van der Waals surface area contributed by atoms with Crippen molar-refractivity contribution in [3.8, 4) is 0 Å². The van der Waals surface area contributed by atoms with E-state index in [4.69, 9.17) is 0 Å². The Morgan fingerprint density at radius 3 is 2.75 bits per heavy atom. The maximum atomic E-state index is 3.18. The van der Waals surface area contributed by atoms with Crippen molar-refractivity contribution in [1.82, 2.24) is 4.72 Å². The molecule has 0 aliphatic rings. The fourth-order valence-corrected chi connectivity index (χ4v) is 1.33. The van der Waals surface area contributed by atoms with Gasteiger partial charge in [0.05, 0.1) is 0 Å². The van der Waals surface area contributed by atoms with E-state index in [1.165, 1.54) is 11.5 Å². The molecule has 0 aromatic heterocycles. The minimum atomic E-state index is 1.12. The highest BCUT2D eigenvalue weighted by atomic mass is 32.2. The van der Waals surface area contributed by atoms with E-state index in [2.05, 4.69) is 17.9 Å². The molecule has 0 atom stereocenters. The van der Waals surface area contributed by atoms with Gasteiger partial charge in [0, 0.05) is 12.3 Å². The van der Waals surface area contributed by atoms with Gasteiger partial charge in [-0.25, -0.2) is 0 Å². The Morgan fingerprint density at radius 2 is 2.25 bits per heavy atom. The second-order valence-corrected chi connectivity index (χ2v) is 3.39. The molecular weight excluding hydrogens is 138 g/mol. The molecule has 0 fully saturated rings. The van der Waals surface area contributed by atoms with Crippen molar-refractivity contribution in [3.63, 3.8) is 0 Å². The normalized spacial score (nSPS) is 9.75. The summed E-state index contributed by atoms with van der Waals surface area (Å²) in [6.45, 7) is 3.31. The molecule has 1 N–H and O–H groups in total. The Morgan fingerprint density at radius 1 is 1.50 bits per heavy atom. The van der Waals surface area contributed by atoms with E-state index in [1.807, 2.05) is 11.8 Å². The number of thioether (sulfide) groups is 1. The Balaban J connectivity index is 2.53. The third-order valence-electron chi connectivity index (χ3n) is 0.697. The fraction of sp³-hybridized carbons (Fsp3) is 1.00. The fourth-order valence-electron chi connectivity index (χ4n) is 0.360. The van der Waals surface area contributed by atoms with Gasteiger partial charge in [0.2, 0.25) is 0 Å². The van der Waals surface area contributed by atoms with E-state index in [-0.39, 0.29) is 0 Å². The molecule has 0 aromatic carbocycles. The highest BCUT2D eigenvalue weighted by molar-refractivity contribution is 7.99. The number of hydrogen-bond acceptors (Lipinski definition) is 3. The predicted octanol–water partition coefficient (Wildman–Crippen LogP) is 1.61. The summed E-state index contributed by atoms with van der Waals surface area (Å²) in [4.78, 5) is 0. The molecule has 0 saturated heterocycles. The van der Waals surface area contributed by atoms with Crippen molar-refractivity contribution in [2.24, 2.45) is 0 Å². The first-order valence-corrected chi connectivity index (χ1v) is 5.13. The number of nitrogens with one attached hydrogen (secondary N) is 1. The summed E-state index contributed by atoms with van der Waals surface area (Å²) in [6.07, 6.45) is 2.05. The summed E-state index contributed by atoms with van der Waals surface area (Å²) < 4.78 is 3.18. The van der Waals surface area contributed by atoms with Crippen molar-refractivity contribution in [1.29, 1.82) is 0 Å². The van der Waals surface area contributed by atoms with Crippen LogP contribution >= 0.6 is 23.7 Å². The molecule has 0 aliphatic heterocycles. The maximum absolute atomic E-state index is 3.18. The van der Waals surface area contributed by atoms with E-state index in [1.54, 1.807) is 11.9 Å². The molecule has 0 radical (unpaired) electrons. The molecule has 3 heteroatoms. The lowest BCUT2D eigenvalue weighted by atomic mass is 10.8. The maximum Gasteiger partial charge on any atom is 0.0149 e. The van der Waals surface area contributed by atoms with Crippen LogP contribution in [0.4, 0.5) is 0 Å². The predicted molar refractivity (Wildman–Crippen MR) is 44.5 cm³/mol. The molecular formula is C5H13NS2. The van der Waals surface area contributed by atoms with Crippen molar-refractivity contribution in [2.75, 3.05) is 24.3 Å². The lowest BCUT2D eigenvalue weighted by molar-refractivity contribution is 1.05. The second-order valence-electron chi connectivity index (χ2n) is 1.30. The van der Waals surface area contributed by atoms with Gasteiger partial charge >= 0.3 is 0 Å². The molecule has 0 saturated carbocycles. The van der Waals surface area contributed by atoms with Crippen LogP contribution in [0.3, 0.4) is 0 Å². The third-order valence-corrected chi connectivity index (χ3v) is 2.09. The van der Waals surface area contributed by atoms with E-state index in [9.17, 15) is 0 Å². The Bertz CT molecular complexity index is 35.4. The lowest BCUT2D eigenvalue weighted by Gasteiger charge is -1.96. The van der Waals surface area contributed by atoms with Crippen LogP contribution in [0.5, 0.6) is 0 Å². The van der Waals surface area contributed by atoms with Gasteiger partial charge in [-0.05, 0) is 12.0 Å².